The van der Waals surface area contributed by atoms with Crippen molar-refractivity contribution in [1.82, 2.24) is 20.7 Å². The quantitative estimate of drug-likeness (QED) is 0.712. The van der Waals surface area contributed by atoms with Crippen LogP contribution in [0.25, 0.3) is 0 Å². The van der Waals surface area contributed by atoms with Gasteiger partial charge in [0.05, 0.1) is 12.6 Å². The number of carbonyl (C=O) groups is 2. The third-order valence-electron chi connectivity index (χ3n) is 6.02. The lowest BCUT2D eigenvalue weighted by Gasteiger charge is -2.33. The lowest BCUT2D eigenvalue weighted by molar-refractivity contribution is -0.139. The molecular weight excluding hydrogens is 356 g/mol. The maximum Gasteiger partial charge on any atom is 0.251 e. The van der Waals surface area contributed by atoms with Crippen LogP contribution in [0.1, 0.15) is 43.7 Å². The zero-order chi connectivity index (χ0) is 19.5. The Morgan fingerprint density at radius 1 is 1.14 bits per heavy atom. The average molecular weight is 384 g/mol. The molecule has 3 unspecified atom stereocenters. The Hall–Kier alpha value is -2.38. The Bertz CT molecular complexity index is 732. The molecule has 2 aliphatic heterocycles. The van der Waals surface area contributed by atoms with Gasteiger partial charge in [-0.15, -0.1) is 0 Å². The van der Waals surface area contributed by atoms with E-state index in [1.54, 1.807) is 17.4 Å². The number of aliphatic hydroxyl groups excluding tert-OH is 1. The first-order valence-electron chi connectivity index (χ1n) is 10.2. The van der Waals surface area contributed by atoms with Crippen LogP contribution in [-0.4, -0.2) is 52.1 Å². The summed E-state index contributed by atoms with van der Waals surface area (Å²) in [4.78, 5) is 27.0. The molecule has 2 heterocycles. The number of amides is 2. The van der Waals surface area contributed by atoms with Crippen molar-refractivity contribution in [3.05, 3.63) is 48.3 Å². The summed E-state index contributed by atoms with van der Waals surface area (Å²) in [5.74, 6) is -0.570. The predicted molar refractivity (Wildman–Crippen MR) is 104 cm³/mol. The van der Waals surface area contributed by atoms with Crippen molar-refractivity contribution in [2.45, 2.75) is 50.2 Å². The molecule has 7 nitrogen and oxygen atoms in total. The summed E-state index contributed by atoms with van der Waals surface area (Å²) in [6, 6.07) is 9.36. The zero-order valence-corrected chi connectivity index (χ0v) is 16.0. The van der Waals surface area contributed by atoms with Gasteiger partial charge >= 0.3 is 0 Å². The summed E-state index contributed by atoms with van der Waals surface area (Å²) >= 11 is 0. The first-order chi connectivity index (χ1) is 13.7. The molecule has 3 N–H and O–H groups in total. The number of benzene rings is 1. The molecule has 150 valence electrons. The fraction of sp³-hybridized carbons (Fsp3) is 0.524. The van der Waals surface area contributed by atoms with Crippen LogP contribution < -0.4 is 10.7 Å². The number of rotatable bonds is 5. The highest BCUT2D eigenvalue weighted by Crippen LogP contribution is 2.35. The number of aliphatic hydroxyl groups is 1. The lowest BCUT2D eigenvalue weighted by atomic mass is 9.89. The van der Waals surface area contributed by atoms with E-state index in [2.05, 4.69) is 10.7 Å². The van der Waals surface area contributed by atoms with Crippen molar-refractivity contribution < 1.29 is 14.7 Å². The van der Waals surface area contributed by atoms with Crippen LogP contribution in [0.2, 0.25) is 0 Å². The van der Waals surface area contributed by atoms with Crippen LogP contribution in [0.5, 0.6) is 0 Å². The highest BCUT2D eigenvalue weighted by atomic mass is 16.3. The van der Waals surface area contributed by atoms with Gasteiger partial charge in [0, 0.05) is 24.4 Å². The molecule has 1 aromatic rings. The Kier molecular flexibility index (Phi) is 5.64. The van der Waals surface area contributed by atoms with Gasteiger partial charge in [-0.05, 0) is 18.4 Å². The molecule has 3 atom stereocenters. The van der Waals surface area contributed by atoms with Gasteiger partial charge in [0.2, 0.25) is 5.91 Å². The number of nitrogens with one attached hydrogen (secondary N) is 2. The summed E-state index contributed by atoms with van der Waals surface area (Å²) in [6.45, 7) is -0.0975. The smallest absolute Gasteiger partial charge is 0.251 e. The second kappa shape index (κ2) is 8.32. The van der Waals surface area contributed by atoms with Crippen LogP contribution in [0.3, 0.4) is 0 Å². The van der Waals surface area contributed by atoms with Gasteiger partial charge in [0.25, 0.3) is 5.91 Å². The SMILES string of the molecule is O=C(CN1C=CN2NC(c3ccccc3)C(CO)C2C1=O)NC1CCCCC1. The molecule has 1 saturated heterocycles. The molecule has 1 saturated carbocycles. The minimum Gasteiger partial charge on any atom is -0.396 e. The lowest BCUT2D eigenvalue weighted by Crippen LogP contribution is -2.53. The van der Waals surface area contributed by atoms with Gasteiger partial charge in [-0.25, -0.2) is 5.43 Å². The fourth-order valence-corrected chi connectivity index (χ4v) is 4.55. The molecule has 0 aromatic heterocycles. The number of fused-ring (bicyclic) bond motifs is 1. The fourth-order valence-electron chi connectivity index (χ4n) is 4.55. The Balaban J connectivity index is 1.43. The van der Waals surface area contributed by atoms with E-state index < -0.39 is 6.04 Å². The molecule has 0 radical (unpaired) electrons. The second-order valence-electron chi connectivity index (χ2n) is 7.88. The molecule has 4 rings (SSSR count). The number of hydrazine groups is 1. The predicted octanol–water partition coefficient (Wildman–Crippen LogP) is 1.29. The first-order valence-corrected chi connectivity index (χ1v) is 10.2. The minimum absolute atomic E-state index is 0.0182. The van der Waals surface area contributed by atoms with E-state index in [1.165, 1.54) is 11.3 Å². The second-order valence-corrected chi connectivity index (χ2v) is 7.88. The van der Waals surface area contributed by atoms with E-state index >= 15 is 0 Å². The van der Waals surface area contributed by atoms with Gasteiger partial charge in [-0.2, -0.15) is 0 Å². The first kappa shape index (κ1) is 19.0. The molecule has 2 fully saturated rings. The zero-order valence-electron chi connectivity index (χ0n) is 16.0. The van der Waals surface area contributed by atoms with Gasteiger partial charge < -0.3 is 20.3 Å². The van der Waals surface area contributed by atoms with E-state index in [4.69, 9.17) is 0 Å². The Morgan fingerprint density at radius 3 is 2.61 bits per heavy atom. The monoisotopic (exact) mass is 384 g/mol. The Labute approximate surface area is 165 Å². The molecule has 0 bridgehead atoms. The molecule has 1 aromatic carbocycles. The topological polar surface area (TPSA) is 84.9 Å². The Morgan fingerprint density at radius 2 is 1.89 bits per heavy atom. The summed E-state index contributed by atoms with van der Waals surface area (Å²) in [7, 11) is 0. The number of nitrogens with zero attached hydrogens (tertiary/aromatic N) is 2. The van der Waals surface area contributed by atoms with Crippen LogP contribution in [0.15, 0.2) is 42.7 Å². The molecule has 7 heteroatoms. The van der Waals surface area contributed by atoms with Gasteiger partial charge in [0.1, 0.15) is 12.6 Å². The third kappa shape index (κ3) is 3.77. The average Bonchev–Trinajstić information content (AvgIpc) is 3.11. The summed E-state index contributed by atoms with van der Waals surface area (Å²) in [5.41, 5.74) is 4.35. The molecule has 0 spiro atoms. The largest absolute Gasteiger partial charge is 0.396 e. The van der Waals surface area contributed by atoms with Crippen molar-refractivity contribution in [3.8, 4) is 0 Å². The van der Waals surface area contributed by atoms with Gasteiger partial charge in [-0.1, -0.05) is 49.6 Å². The van der Waals surface area contributed by atoms with E-state index in [0.717, 1.165) is 31.2 Å². The van der Waals surface area contributed by atoms with Crippen molar-refractivity contribution in [1.29, 1.82) is 0 Å². The number of hydrogen-bond acceptors (Lipinski definition) is 5. The maximum absolute atomic E-state index is 13.1. The van der Waals surface area contributed by atoms with Crippen molar-refractivity contribution in [2.24, 2.45) is 5.92 Å². The molecule has 28 heavy (non-hydrogen) atoms. The van der Waals surface area contributed by atoms with Crippen LogP contribution in [0, 0.1) is 5.92 Å². The standard InChI is InChI=1S/C21H28N4O3/c26-14-17-19(15-7-3-1-4-8-15)23-25-12-11-24(21(28)20(17)25)13-18(27)22-16-9-5-2-6-10-16/h1,3-4,7-8,11-12,16-17,19-20,23,26H,2,5-6,9-10,13-14H2,(H,22,27). The van der Waals surface area contributed by atoms with Crippen LogP contribution in [0.4, 0.5) is 0 Å². The van der Waals surface area contributed by atoms with Crippen molar-refractivity contribution in [3.63, 3.8) is 0 Å². The van der Waals surface area contributed by atoms with E-state index in [9.17, 15) is 14.7 Å². The number of carbonyl (C=O) groups excluding carboxylic acids is 2. The van der Waals surface area contributed by atoms with Gasteiger partial charge in [-0.3, -0.25) is 9.59 Å². The minimum atomic E-state index is -0.525. The van der Waals surface area contributed by atoms with Crippen LogP contribution >= 0.6 is 0 Å². The van der Waals surface area contributed by atoms with Crippen molar-refractivity contribution in [2.75, 3.05) is 13.2 Å². The number of hydrogen-bond donors (Lipinski definition) is 3. The highest BCUT2D eigenvalue weighted by Gasteiger charge is 2.48. The molecule has 3 aliphatic rings. The molecule has 1 aliphatic carbocycles. The highest BCUT2D eigenvalue weighted by molar-refractivity contribution is 5.89. The maximum atomic E-state index is 13.1. The third-order valence-corrected chi connectivity index (χ3v) is 6.02. The summed E-state index contributed by atoms with van der Waals surface area (Å²) in [5, 5.41) is 14.8. The van der Waals surface area contributed by atoms with Gasteiger partial charge in [0.15, 0.2) is 0 Å². The summed E-state index contributed by atoms with van der Waals surface area (Å²) < 4.78 is 0. The normalized spacial score (nSPS) is 27.8. The van der Waals surface area contributed by atoms with E-state index in [-0.39, 0.29) is 43.0 Å². The van der Waals surface area contributed by atoms with Crippen molar-refractivity contribution >= 4 is 11.8 Å². The van der Waals surface area contributed by atoms with E-state index in [0.29, 0.717) is 0 Å². The van der Waals surface area contributed by atoms with E-state index in [1.807, 2.05) is 30.3 Å². The molecule has 2 amide bonds. The van der Waals surface area contributed by atoms with Crippen LogP contribution in [-0.2, 0) is 9.59 Å². The molecular formula is C21H28N4O3. The summed E-state index contributed by atoms with van der Waals surface area (Å²) in [6.07, 6.45) is 8.99.